The predicted molar refractivity (Wildman–Crippen MR) is 58.7 cm³/mol. The summed E-state index contributed by atoms with van der Waals surface area (Å²) >= 11 is 1.42. The largest absolute Gasteiger partial charge is 0.346 e. The van der Waals surface area contributed by atoms with Crippen LogP contribution in [-0.2, 0) is 0 Å². The van der Waals surface area contributed by atoms with Gasteiger partial charge in [-0.2, -0.15) is 0 Å². The van der Waals surface area contributed by atoms with Crippen LogP contribution >= 0.6 is 11.3 Å². The Morgan fingerprint density at radius 3 is 2.71 bits per heavy atom. The molecule has 0 atom stereocenters. The Bertz CT molecular complexity index is 331. The number of rotatable bonds is 3. The zero-order chi connectivity index (χ0) is 10.8. The second-order valence-corrected chi connectivity index (χ2v) is 5.17. The fraction of sp³-hybridized carbons (Fsp3) is 0.600. The average molecular weight is 212 g/mol. The molecule has 0 fully saturated rings. The lowest BCUT2D eigenvalue weighted by atomic mass is 10.0. The van der Waals surface area contributed by atoms with Crippen LogP contribution in [0.4, 0.5) is 0 Å². The van der Waals surface area contributed by atoms with Gasteiger partial charge in [0.1, 0.15) is 4.88 Å². The molecule has 0 bridgehead atoms. The van der Waals surface area contributed by atoms with Crippen molar-refractivity contribution in [2.24, 2.45) is 0 Å². The molecule has 0 aromatic carbocycles. The van der Waals surface area contributed by atoms with E-state index >= 15 is 0 Å². The molecule has 1 rings (SSSR count). The number of aryl methyl sites for hydroxylation is 1. The van der Waals surface area contributed by atoms with Crippen molar-refractivity contribution in [3.05, 3.63) is 16.1 Å². The van der Waals surface area contributed by atoms with Gasteiger partial charge < -0.3 is 5.32 Å². The van der Waals surface area contributed by atoms with Gasteiger partial charge in [-0.3, -0.25) is 4.79 Å². The van der Waals surface area contributed by atoms with Gasteiger partial charge >= 0.3 is 0 Å². The summed E-state index contributed by atoms with van der Waals surface area (Å²) in [5.74, 6) is -0.0255. The van der Waals surface area contributed by atoms with Crippen LogP contribution in [0.1, 0.15) is 41.9 Å². The topological polar surface area (TPSA) is 42.0 Å². The summed E-state index contributed by atoms with van der Waals surface area (Å²) in [5.41, 5.74) is -0.144. The first-order valence-corrected chi connectivity index (χ1v) is 5.51. The number of thiazole rings is 1. The zero-order valence-electron chi connectivity index (χ0n) is 9.05. The lowest BCUT2D eigenvalue weighted by Crippen LogP contribution is -2.42. The van der Waals surface area contributed by atoms with Crippen molar-refractivity contribution in [3.63, 3.8) is 0 Å². The molecule has 4 heteroatoms. The van der Waals surface area contributed by atoms with E-state index in [2.05, 4.69) is 17.2 Å². The van der Waals surface area contributed by atoms with E-state index in [4.69, 9.17) is 0 Å². The van der Waals surface area contributed by atoms with E-state index in [1.807, 2.05) is 20.8 Å². The molecule has 0 aliphatic heterocycles. The molecule has 1 aromatic rings. The lowest BCUT2D eigenvalue weighted by Gasteiger charge is -2.23. The standard InChI is InChI=1S/C10H16N2OS/c1-5-10(3,4)12-9(13)8-6-11-7(2)14-8/h6H,5H2,1-4H3,(H,12,13). The minimum atomic E-state index is -0.144. The van der Waals surface area contributed by atoms with Gasteiger partial charge in [0.2, 0.25) is 0 Å². The summed E-state index contributed by atoms with van der Waals surface area (Å²) in [6.45, 7) is 7.97. The Morgan fingerprint density at radius 2 is 2.29 bits per heavy atom. The SMILES string of the molecule is CCC(C)(C)NC(=O)c1cnc(C)s1. The summed E-state index contributed by atoms with van der Waals surface area (Å²) in [7, 11) is 0. The zero-order valence-corrected chi connectivity index (χ0v) is 9.86. The van der Waals surface area contributed by atoms with Crippen LogP contribution in [0.2, 0.25) is 0 Å². The molecule has 1 N–H and O–H groups in total. The molecule has 1 amide bonds. The van der Waals surface area contributed by atoms with E-state index in [1.54, 1.807) is 6.20 Å². The van der Waals surface area contributed by atoms with Crippen LogP contribution in [0, 0.1) is 6.92 Å². The highest BCUT2D eigenvalue weighted by atomic mass is 32.1. The van der Waals surface area contributed by atoms with Gasteiger partial charge in [0.15, 0.2) is 0 Å². The van der Waals surface area contributed by atoms with Gasteiger partial charge in [-0.05, 0) is 27.2 Å². The van der Waals surface area contributed by atoms with E-state index in [9.17, 15) is 4.79 Å². The number of carbonyl (C=O) groups is 1. The number of hydrogen-bond acceptors (Lipinski definition) is 3. The Hall–Kier alpha value is -0.900. The van der Waals surface area contributed by atoms with Crippen molar-refractivity contribution in [2.75, 3.05) is 0 Å². The van der Waals surface area contributed by atoms with Crippen molar-refractivity contribution in [3.8, 4) is 0 Å². The number of carbonyl (C=O) groups excluding carboxylic acids is 1. The smallest absolute Gasteiger partial charge is 0.263 e. The molecule has 3 nitrogen and oxygen atoms in total. The van der Waals surface area contributed by atoms with Gasteiger partial charge in [0, 0.05) is 5.54 Å². The maximum absolute atomic E-state index is 11.7. The highest BCUT2D eigenvalue weighted by Gasteiger charge is 2.19. The summed E-state index contributed by atoms with van der Waals surface area (Å²) < 4.78 is 0. The first-order chi connectivity index (χ1) is 6.44. The normalized spacial score (nSPS) is 11.4. The molecule has 0 aliphatic rings. The molecule has 0 saturated carbocycles. The molecular formula is C10H16N2OS. The average Bonchev–Trinajstić information content (AvgIpc) is 2.51. The summed E-state index contributed by atoms with van der Waals surface area (Å²) in [4.78, 5) is 16.4. The molecule has 0 radical (unpaired) electrons. The third-order valence-electron chi connectivity index (χ3n) is 2.18. The minimum absolute atomic E-state index is 0.0255. The first kappa shape index (κ1) is 11.2. The Labute approximate surface area is 88.6 Å². The van der Waals surface area contributed by atoms with Gasteiger partial charge in [0.05, 0.1) is 11.2 Å². The number of nitrogens with one attached hydrogen (secondary N) is 1. The molecule has 1 heterocycles. The summed E-state index contributed by atoms with van der Waals surface area (Å²) in [5, 5.41) is 3.89. The van der Waals surface area contributed by atoms with Crippen LogP contribution in [-0.4, -0.2) is 16.4 Å². The van der Waals surface area contributed by atoms with E-state index in [1.165, 1.54) is 11.3 Å². The summed E-state index contributed by atoms with van der Waals surface area (Å²) in [6, 6.07) is 0. The molecule has 1 aromatic heterocycles. The maximum atomic E-state index is 11.7. The van der Waals surface area contributed by atoms with Gasteiger partial charge in [-0.1, -0.05) is 6.92 Å². The highest BCUT2D eigenvalue weighted by Crippen LogP contribution is 2.14. The second kappa shape index (κ2) is 4.09. The monoisotopic (exact) mass is 212 g/mol. The lowest BCUT2D eigenvalue weighted by molar-refractivity contribution is 0.0915. The highest BCUT2D eigenvalue weighted by molar-refractivity contribution is 7.13. The van der Waals surface area contributed by atoms with Gasteiger partial charge in [-0.25, -0.2) is 4.98 Å². The number of nitrogens with zero attached hydrogens (tertiary/aromatic N) is 1. The third-order valence-corrected chi connectivity index (χ3v) is 3.09. The minimum Gasteiger partial charge on any atom is -0.346 e. The molecule has 78 valence electrons. The van der Waals surface area contributed by atoms with E-state index < -0.39 is 0 Å². The molecule has 14 heavy (non-hydrogen) atoms. The Kier molecular flexibility index (Phi) is 3.26. The summed E-state index contributed by atoms with van der Waals surface area (Å²) in [6.07, 6.45) is 2.54. The Balaban J connectivity index is 2.68. The van der Waals surface area contributed by atoms with Crippen molar-refractivity contribution in [1.29, 1.82) is 0 Å². The van der Waals surface area contributed by atoms with E-state index in [0.29, 0.717) is 4.88 Å². The number of aromatic nitrogens is 1. The van der Waals surface area contributed by atoms with Crippen LogP contribution in [0.3, 0.4) is 0 Å². The van der Waals surface area contributed by atoms with Crippen LogP contribution < -0.4 is 5.32 Å². The van der Waals surface area contributed by atoms with Crippen LogP contribution in [0.5, 0.6) is 0 Å². The first-order valence-electron chi connectivity index (χ1n) is 4.69. The molecule has 0 spiro atoms. The van der Waals surface area contributed by atoms with Gasteiger partial charge in [0.25, 0.3) is 5.91 Å². The molecular weight excluding hydrogens is 196 g/mol. The van der Waals surface area contributed by atoms with Gasteiger partial charge in [-0.15, -0.1) is 11.3 Å². The third kappa shape index (κ3) is 2.80. The molecule has 0 saturated heterocycles. The van der Waals surface area contributed by atoms with Crippen molar-refractivity contribution in [1.82, 2.24) is 10.3 Å². The van der Waals surface area contributed by atoms with Crippen LogP contribution in [0.25, 0.3) is 0 Å². The van der Waals surface area contributed by atoms with Crippen LogP contribution in [0.15, 0.2) is 6.20 Å². The quantitative estimate of drug-likeness (QED) is 0.835. The number of hydrogen-bond donors (Lipinski definition) is 1. The van der Waals surface area contributed by atoms with Crippen molar-refractivity contribution in [2.45, 2.75) is 39.7 Å². The van der Waals surface area contributed by atoms with E-state index in [-0.39, 0.29) is 11.4 Å². The predicted octanol–water partition coefficient (Wildman–Crippen LogP) is 2.37. The molecule has 0 unspecified atom stereocenters. The maximum Gasteiger partial charge on any atom is 0.263 e. The fourth-order valence-electron chi connectivity index (χ4n) is 0.924. The Morgan fingerprint density at radius 1 is 1.64 bits per heavy atom. The molecule has 0 aliphatic carbocycles. The number of amides is 1. The van der Waals surface area contributed by atoms with E-state index in [0.717, 1.165) is 11.4 Å². The fourth-order valence-corrected chi connectivity index (χ4v) is 1.60. The van der Waals surface area contributed by atoms with Crippen molar-refractivity contribution < 1.29 is 4.79 Å². The van der Waals surface area contributed by atoms with Crippen molar-refractivity contribution >= 4 is 17.2 Å². The second-order valence-electron chi connectivity index (χ2n) is 3.94.